The van der Waals surface area contributed by atoms with Crippen molar-refractivity contribution in [3.05, 3.63) is 87.8 Å². The molecule has 11 nitrogen and oxygen atoms in total. The lowest BCUT2D eigenvalue weighted by molar-refractivity contribution is -0.765. The first kappa shape index (κ1) is 31.7. The van der Waals surface area contributed by atoms with Crippen LogP contribution in [0.1, 0.15) is 54.6 Å². The van der Waals surface area contributed by atoms with Crippen molar-refractivity contribution in [2.45, 2.75) is 57.4 Å². The number of aromatic amines is 1. The predicted octanol–water partition coefficient (Wildman–Crippen LogP) is 4.33. The van der Waals surface area contributed by atoms with Crippen molar-refractivity contribution < 1.29 is 37.6 Å². The van der Waals surface area contributed by atoms with Crippen molar-refractivity contribution in [1.29, 1.82) is 5.26 Å². The van der Waals surface area contributed by atoms with Gasteiger partial charge in [-0.25, -0.2) is 18.6 Å². The molecular formula is C31H31F2N6O5S+. The highest BCUT2D eigenvalue weighted by atomic mass is 32.1. The second-order valence-electron chi connectivity index (χ2n) is 10.8. The number of benzene rings is 2. The molecule has 0 saturated carbocycles. The molecule has 2 aromatic carbocycles. The van der Waals surface area contributed by atoms with Crippen LogP contribution >= 0.6 is 11.3 Å². The molecule has 4 aromatic rings. The van der Waals surface area contributed by atoms with E-state index in [4.69, 9.17) is 14.7 Å². The molecule has 1 saturated heterocycles. The van der Waals surface area contributed by atoms with Crippen molar-refractivity contribution in [2.75, 3.05) is 13.2 Å². The van der Waals surface area contributed by atoms with E-state index in [1.165, 1.54) is 34.2 Å². The van der Waals surface area contributed by atoms with Crippen LogP contribution in [0.3, 0.4) is 0 Å². The van der Waals surface area contributed by atoms with E-state index in [1.54, 1.807) is 36.6 Å². The van der Waals surface area contributed by atoms with Gasteiger partial charge >= 0.3 is 18.4 Å². The van der Waals surface area contributed by atoms with E-state index in [9.17, 15) is 19.1 Å². The van der Waals surface area contributed by atoms with E-state index in [0.29, 0.717) is 29.2 Å². The summed E-state index contributed by atoms with van der Waals surface area (Å²) in [6.45, 7) is 3.06. The van der Waals surface area contributed by atoms with Gasteiger partial charge < -0.3 is 19.5 Å². The number of esters is 1. The molecule has 1 aliphatic heterocycles. The summed E-state index contributed by atoms with van der Waals surface area (Å²) in [6.07, 6.45) is 2.22. The number of hydrogen-bond acceptors (Lipinski definition) is 9. The van der Waals surface area contributed by atoms with Crippen LogP contribution < -0.4 is 4.68 Å². The zero-order valence-corrected chi connectivity index (χ0v) is 25.4. The van der Waals surface area contributed by atoms with Crippen molar-refractivity contribution in [3.8, 4) is 17.3 Å². The van der Waals surface area contributed by atoms with Crippen LogP contribution in [0.15, 0.2) is 54.2 Å². The van der Waals surface area contributed by atoms with Crippen molar-refractivity contribution in [2.24, 2.45) is 0 Å². The quantitative estimate of drug-likeness (QED) is 0.193. The van der Waals surface area contributed by atoms with Gasteiger partial charge in [-0.15, -0.1) is 11.3 Å². The number of ether oxygens (including phenoxy) is 2. The minimum Gasteiger partial charge on any atom is -0.464 e. The Balaban J connectivity index is 1.34. The van der Waals surface area contributed by atoms with Gasteiger partial charge in [0, 0.05) is 35.9 Å². The van der Waals surface area contributed by atoms with Gasteiger partial charge in [-0.3, -0.25) is 4.79 Å². The van der Waals surface area contributed by atoms with E-state index < -0.39 is 35.2 Å². The number of carbonyl (C=O) groups is 2. The van der Waals surface area contributed by atoms with Gasteiger partial charge in [0.2, 0.25) is 0 Å². The minimum atomic E-state index is -1.99. The molecule has 1 aliphatic rings. The third-order valence-corrected chi connectivity index (χ3v) is 8.80. The molecule has 3 heterocycles. The summed E-state index contributed by atoms with van der Waals surface area (Å²) in [5.41, 5.74) is -0.370. The molecule has 2 N–H and O–H groups in total. The number of halogens is 2. The summed E-state index contributed by atoms with van der Waals surface area (Å²) in [5.74, 6) is -2.49. The fourth-order valence-corrected chi connectivity index (χ4v) is 6.24. The Kier molecular flexibility index (Phi) is 9.50. The van der Waals surface area contributed by atoms with Crippen molar-refractivity contribution >= 4 is 23.4 Å². The smallest absolute Gasteiger partial charge is 0.410 e. The number of nitrogens with one attached hydrogen (secondary N) is 1. The summed E-state index contributed by atoms with van der Waals surface area (Å²) in [4.78, 5) is 34.3. The number of nitriles is 1. The van der Waals surface area contributed by atoms with Gasteiger partial charge in [-0.2, -0.15) is 15.0 Å². The lowest BCUT2D eigenvalue weighted by atomic mass is 9.82. The Morgan fingerprint density at radius 2 is 2.04 bits per heavy atom. The lowest BCUT2D eigenvalue weighted by Gasteiger charge is -2.32. The summed E-state index contributed by atoms with van der Waals surface area (Å²) in [7, 11) is 0. The Bertz CT molecular complexity index is 1720. The standard InChI is InChI=1S/C31H30F2N6O5S/c1-19(29-36-27(16-45-29)22-7-5-21(13-34)6-8-22)31(42,25-12-23(32)9-10-26(25)33)17-38-18-35-28(37-38)15-44-30(41)39-11-3-4-24(39)14-43-20(2)40/h5-10,12,16,18-19,24,42H,3-4,11,14-15,17H2,1-2H3/p+1/t19-,24-,31+/m0/s1. The van der Waals surface area contributed by atoms with Gasteiger partial charge in [0.15, 0.2) is 6.61 Å². The Hall–Kier alpha value is -4.74. The first-order valence-electron chi connectivity index (χ1n) is 14.2. The number of hydrogen-bond donors (Lipinski definition) is 2. The number of aliphatic hydroxyl groups is 1. The van der Waals surface area contributed by atoms with Gasteiger partial charge in [-0.1, -0.05) is 19.1 Å². The van der Waals surface area contributed by atoms with E-state index in [0.717, 1.165) is 30.2 Å². The fourth-order valence-electron chi connectivity index (χ4n) is 5.27. The average molecular weight is 638 g/mol. The molecule has 1 fully saturated rings. The Morgan fingerprint density at radius 3 is 2.78 bits per heavy atom. The van der Waals surface area contributed by atoms with E-state index >= 15 is 4.39 Å². The van der Waals surface area contributed by atoms with Crippen molar-refractivity contribution in [1.82, 2.24) is 20.0 Å². The van der Waals surface area contributed by atoms with Crippen LogP contribution in [0, 0.1) is 23.0 Å². The summed E-state index contributed by atoms with van der Waals surface area (Å²) < 4.78 is 41.4. The molecule has 45 heavy (non-hydrogen) atoms. The molecule has 0 bridgehead atoms. The molecule has 0 unspecified atom stereocenters. The maximum Gasteiger partial charge on any atom is 0.410 e. The number of rotatable bonds is 10. The Morgan fingerprint density at radius 1 is 1.27 bits per heavy atom. The largest absolute Gasteiger partial charge is 0.464 e. The van der Waals surface area contributed by atoms with Crippen LogP contribution in [0.2, 0.25) is 0 Å². The number of likely N-dealkylation sites (tertiary alicyclic amines) is 1. The lowest BCUT2D eigenvalue weighted by Crippen LogP contribution is -2.50. The van der Waals surface area contributed by atoms with E-state index in [1.807, 2.05) is 0 Å². The number of carbonyl (C=O) groups excluding carboxylic acids is 2. The molecule has 234 valence electrons. The third kappa shape index (κ3) is 7.16. The molecule has 0 radical (unpaired) electrons. The molecule has 1 amide bonds. The predicted molar refractivity (Wildman–Crippen MR) is 156 cm³/mol. The highest BCUT2D eigenvalue weighted by Gasteiger charge is 2.43. The average Bonchev–Trinajstić information content (AvgIpc) is 3.81. The summed E-state index contributed by atoms with van der Waals surface area (Å²) in [6, 6.07) is 11.6. The third-order valence-electron chi connectivity index (χ3n) is 7.77. The van der Waals surface area contributed by atoms with Crippen LogP contribution in [0.25, 0.3) is 11.3 Å². The van der Waals surface area contributed by atoms with Crippen LogP contribution in [0.5, 0.6) is 0 Å². The monoisotopic (exact) mass is 637 g/mol. The first-order valence-corrected chi connectivity index (χ1v) is 15.1. The molecule has 3 atom stereocenters. The van der Waals surface area contributed by atoms with E-state index in [2.05, 4.69) is 21.1 Å². The maximum atomic E-state index is 15.2. The maximum absolute atomic E-state index is 15.2. The number of thiazole rings is 1. The number of nitrogens with zero attached hydrogens (tertiary/aromatic N) is 5. The second-order valence-corrected chi connectivity index (χ2v) is 11.7. The number of aromatic nitrogens is 4. The molecule has 5 rings (SSSR count). The topological polar surface area (TPSA) is 145 Å². The number of amides is 1. The molecule has 2 aromatic heterocycles. The fraction of sp³-hybridized carbons (Fsp3) is 0.355. The van der Waals surface area contributed by atoms with Gasteiger partial charge in [0.25, 0.3) is 5.82 Å². The molecule has 0 aliphatic carbocycles. The highest BCUT2D eigenvalue weighted by molar-refractivity contribution is 7.10. The van der Waals surface area contributed by atoms with Crippen LogP contribution in [-0.4, -0.2) is 56.3 Å². The molecule has 14 heteroatoms. The Labute approximate surface area is 261 Å². The summed E-state index contributed by atoms with van der Waals surface area (Å²) >= 11 is 1.26. The van der Waals surface area contributed by atoms with Gasteiger partial charge in [-0.05, 0) is 48.2 Å². The van der Waals surface area contributed by atoms with E-state index in [-0.39, 0.29) is 37.2 Å². The molecule has 0 spiro atoms. The highest BCUT2D eigenvalue weighted by Crippen LogP contribution is 2.41. The van der Waals surface area contributed by atoms with Gasteiger partial charge in [0.05, 0.1) is 28.4 Å². The first-order chi connectivity index (χ1) is 21.6. The number of H-pyrrole nitrogens is 1. The zero-order chi connectivity index (χ0) is 32.1. The van der Waals surface area contributed by atoms with Crippen LogP contribution in [-0.2, 0) is 33.0 Å². The summed E-state index contributed by atoms with van der Waals surface area (Å²) in [5, 5.41) is 26.4. The normalized spacial score (nSPS) is 16.5. The minimum absolute atomic E-state index is 0.0899. The van der Waals surface area contributed by atoms with Crippen LogP contribution in [0.4, 0.5) is 13.6 Å². The van der Waals surface area contributed by atoms with Crippen molar-refractivity contribution in [3.63, 3.8) is 0 Å². The zero-order valence-electron chi connectivity index (χ0n) is 24.6. The molecular weight excluding hydrogens is 606 g/mol. The second kappa shape index (κ2) is 13.5. The SMILES string of the molecule is CC(=O)OC[C@@H]1CCCN1C(=O)OCc1nc[n+](C[C@](O)(c2cc(F)ccc2F)[C@@H](C)c2nc(-c3ccc(C#N)cc3)cs2)[nH]1. The van der Waals surface area contributed by atoms with Gasteiger partial charge in [0.1, 0.15) is 30.4 Å².